The van der Waals surface area contributed by atoms with Crippen LogP contribution in [0.5, 0.6) is 0 Å². The Bertz CT molecular complexity index is 143. The van der Waals surface area contributed by atoms with Gasteiger partial charge in [-0.25, -0.2) is 0 Å². The third-order valence-corrected chi connectivity index (χ3v) is 2.15. The third-order valence-electron chi connectivity index (χ3n) is 1.12. The first-order valence-electron chi connectivity index (χ1n) is 3.60. The second-order valence-electron chi connectivity index (χ2n) is 3.56. The summed E-state index contributed by atoms with van der Waals surface area (Å²) in [6.07, 6.45) is 0. The predicted molar refractivity (Wildman–Crippen MR) is 45.8 cm³/mol. The first kappa shape index (κ1) is 10.6. The van der Waals surface area contributed by atoms with Gasteiger partial charge in [0.15, 0.2) is 8.32 Å². The molecule has 0 radical (unpaired) electrons. The second kappa shape index (κ2) is 3.82. The Balaban J connectivity index is 3.63. The first-order chi connectivity index (χ1) is 4.83. The van der Waals surface area contributed by atoms with Crippen LogP contribution in [-0.2, 0) is 4.43 Å². The highest BCUT2D eigenvalue weighted by molar-refractivity contribution is 6.69. The maximum Gasteiger partial charge on any atom is 0.232 e. The molecule has 0 aromatic carbocycles. The Labute approximate surface area is 67.8 Å². The van der Waals surface area contributed by atoms with Crippen molar-refractivity contribution in [3.63, 3.8) is 0 Å². The van der Waals surface area contributed by atoms with Gasteiger partial charge in [0, 0.05) is 11.8 Å². The number of rotatable bonds is 4. The van der Waals surface area contributed by atoms with Crippen molar-refractivity contribution in [2.24, 2.45) is 0 Å². The van der Waals surface area contributed by atoms with Crippen LogP contribution in [0.25, 0.3) is 0 Å². The topological polar surface area (TPSA) is 52.4 Å². The highest BCUT2D eigenvalue weighted by Crippen LogP contribution is 2.03. The quantitative estimate of drug-likeness (QED) is 0.371. The molecule has 0 aliphatic rings. The van der Waals surface area contributed by atoms with E-state index in [1.807, 2.05) is 19.6 Å². The van der Waals surface area contributed by atoms with Crippen molar-refractivity contribution < 1.29 is 9.35 Å². The molecule has 0 N–H and O–H groups in total. The van der Waals surface area contributed by atoms with Gasteiger partial charge in [0.05, 0.1) is 0 Å². The Morgan fingerprint density at radius 2 is 2.00 bits per heavy atom. The first-order valence-corrected chi connectivity index (χ1v) is 7.01. The van der Waals surface area contributed by atoms with Gasteiger partial charge < -0.3 is 4.43 Å². The van der Waals surface area contributed by atoms with Crippen LogP contribution in [0.1, 0.15) is 6.92 Å². The molecule has 0 fully saturated rings. The SMILES string of the molecule is CC(CO[Si](C)(C)C)[N+](=O)[O-]. The number of hydrogen-bond donors (Lipinski definition) is 0. The lowest BCUT2D eigenvalue weighted by Crippen LogP contribution is -2.32. The van der Waals surface area contributed by atoms with E-state index in [0.717, 1.165) is 0 Å². The number of hydrogen-bond acceptors (Lipinski definition) is 3. The summed E-state index contributed by atoms with van der Waals surface area (Å²) in [5.74, 6) is 0. The molecule has 5 heteroatoms. The number of nitro groups is 1. The molecule has 1 unspecified atom stereocenters. The van der Waals surface area contributed by atoms with Crippen LogP contribution in [0.4, 0.5) is 0 Å². The van der Waals surface area contributed by atoms with Gasteiger partial charge in [0.25, 0.3) is 0 Å². The summed E-state index contributed by atoms with van der Waals surface area (Å²) in [7, 11) is -1.57. The van der Waals surface area contributed by atoms with Crippen molar-refractivity contribution in [3.8, 4) is 0 Å². The van der Waals surface area contributed by atoms with E-state index in [0.29, 0.717) is 0 Å². The molecule has 0 aliphatic heterocycles. The Hall–Kier alpha value is -0.423. The van der Waals surface area contributed by atoms with Gasteiger partial charge in [-0.2, -0.15) is 0 Å². The van der Waals surface area contributed by atoms with Crippen LogP contribution in [0.2, 0.25) is 19.6 Å². The van der Waals surface area contributed by atoms with E-state index in [9.17, 15) is 10.1 Å². The van der Waals surface area contributed by atoms with E-state index in [-0.39, 0.29) is 11.5 Å². The molecule has 0 spiro atoms. The van der Waals surface area contributed by atoms with Crippen LogP contribution < -0.4 is 0 Å². The fourth-order valence-electron chi connectivity index (χ4n) is 0.431. The van der Waals surface area contributed by atoms with Gasteiger partial charge in [-0.15, -0.1) is 0 Å². The monoisotopic (exact) mass is 177 g/mol. The summed E-state index contributed by atoms with van der Waals surface area (Å²) in [6.45, 7) is 7.84. The summed E-state index contributed by atoms with van der Waals surface area (Å²) in [6, 6.07) is -0.582. The molecular formula is C6H15NO3Si. The van der Waals surface area contributed by atoms with Crippen LogP contribution in [0.3, 0.4) is 0 Å². The normalized spacial score (nSPS) is 14.5. The molecule has 0 aromatic heterocycles. The molecule has 0 bridgehead atoms. The average molecular weight is 177 g/mol. The van der Waals surface area contributed by atoms with E-state index >= 15 is 0 Å². The molecule has 1 atom stereocenters. The van der Waals surface area contributed by atoms with Gasteiger partial charge in [-0.05, 0) is 19.6 Å². The minimum atomic E-state index is -1.57. The standard InChI is InChI=1S/C6H15NO3Si/c1-6(7(8)9)5-10-11(2,3)4/h6H,5H2,1-4H3. The van der Waals surface area contributed by atoms with E-state index in [4.69, 9.17) is 4.43 Å². The summed E-state index contributed by atoms with van der Waals surface area (Å²) in [5.41, 5.74) is 0. The van der Waals surface area contributed by atoms with Crippen molar-refractivity contribution >= 4 is 8.32 Å². The van der Waals surface area contributed by atoms with Crippen molar-refractivity contribution in [2.75, 3.05) is 6.61 Å². The second-order valence-corrected chi connectivity index (χ2v) is 8.07. The van der Waals surface area contributed by atoms with Crippen LogP contribution in [0.15, 0.2) is 0 Å². The molecule has 0 heterocycles. The van der Waals surface area contributed by atoms with Crippen LogP contribution >= 0.6 is 0 Å². The summed E-state index contributed by atoms with van der Waals surface area (Å²) < 4.78 is 5.35. The highest BCUT2D eigenvalue weighted by Gasteiger charge is 2.19. The van der Waals surface area contributed by atoms with Crippen molar-refractivity contribution in [2.45, 2.75) is 32.6 Å². The number of nitrogens with zero attached hydrogens (tertiary/aromatic N) is 1. The van der Waals surface area contributed by atoms with Gasteiger partial charge in [0.1, 0.15) is 6.61 Å². The molecule has 0 aliphatic carbocycles. The van der Waals surface area contributed by atoms with E-state index in [2.05, 4.69) is 0 Å². The smallest absolute Gasteiger partial charge is 0.232 e. The Kier molecular flexibility index (Phi) is 3.67. The Morgan fingerprint density at radius 1 is 1.55 bits per heavy atom. The van der Waals surface area contributed by atoms with Gasteiger partial charge in [-0.1, -0.05) is 0 Å². The zero-order valence-electron chi connectivity index (χ0n) is 7.46. The minimum Gasteiger partial charge on any atom is -0.411 e. The van der Waals surface area contributed by atoms with Gasteiger partial charge in [0.2, 0.25) is 6.04 Å². The van der Waals surface area contributed by atoms with Gasteiger partial charge in [-0.3, -0.25) is 10.1 Å². The lowest BCUT2D eigenvalue weighted by Gasteiger charge is -2.17. The Morgan fingerprint density at radius 3 is 2.27 bits per heavy atom. The van der Waals surface area contributed by atoms with Crippen LogP contribution in [0, 0.1) is 10.1 Å². The fraction of sp³-hybridized carbons (Fsp3) is 1.00. The zero-order chi connectivity index (χ0) is 9.07. The fourth-order valence-corrected chi connectivity index (χ4v) is 1.17. The maximum absolute atomic E-state index is 10.2. The summed E-state index contributed by atoms with van der Waals surface area (Å²) in [4.78, 5) is 9.84. The lowest BCUT2D eigenvalue weighted by atomic mass is 10.4. The summed E-state index contributed by atoms with van der Waals surface area (Å²) >= 11 is 0. The highest BCUT2D eigenvalue weighted by atomic mass is 28.4. The average Bonchev–Trinajstić information content (AvgIpc) is 1.80. The minimum absolute atomic E-state index is 0.239. The molecule has 0 saturated carbocycles. The molecular weight excluding hydrogens is 162 g/mol. The predicted octanol–water partition coefficient (Wildman–Crippen LogP) is 1.50. The van der Waals surface area contributed by atoms with E-state index in [1.54, 1.807) is 6.92 Å². The molecule has 0 rings (SSSR count). The van der Waals surface area contributed by atoms with E-state index < -0.39 is 14.4 Å². The molecule has 66 valence electrons. The molecule has 0 amide bonds. The molecule has 0 saturated heterocycles. The maximum atomic E-state index is 10.2. The summed E-state index contributed by atoms with van der Waals surface area (Å²) in [5, 5.41) is 10.2. The molecule has 0 aromatic rings. The zero-order valence-corrected chi connectivity index (χ0v) is 8.46. The van der Waals surface area contributed by atoms with E-state index in [1.165, 1.54) is 0 Å². The van der Waals surface area contributed by atoms with Crippen molar-refractivity contribution in [1.82, 2.24) is 0 Å². The molecule has 4 nitrogen and oxygen atoms in total. The van der Waals surface area contributed by atoms with Crippen molar-refractivity contribution in [1.29, 1.82) is 0 Å². The largest absolute Gasteiger partial charge is 0.411 e. The van der Waals surface area contributed by atoms with Crippen LogP contribution in [-0.4, -0.2) is 25.9 Å². The third kappa shape index (κ3) is 5.99. The molecule has 11 heavy (non-hydrogen) atoms. The van der Waals surface area contributed by atoms with Crippen molar-refractivity contribution in [3.05, 3.63) is 10.1 Å². The van der Waals surface area contributed by atoms with Gasteiger partial charge >= 0.3 is 0 Å². The lowest BCUT2D eigenvalue weighted by molar-refractivity contribution is -0.520.